The molecule has 1 atom stereocenters. The normalized spacial score (nSPS) is 18.5. The standard InChI is InChI=1S/C28H25F5N6O3/c1-2-22(40)37-7-5-17-24-18(39(36-17)19-9-15(29)23(13-3-4-13)25(30)26(19)41)6-8-38(20(24)12-37)27(42)14-11-35-21(10-16(14)34)28(31,32)33/h2,9-11,13,20,41H,1,3-8,12H2,(H2,34,35). The van der Waals surface area contributed by atoms with E-state index in [0.29, 0.717) is 35.9 Å². The van der Waals surface area contributed by atoms with E-state index in [2.05, 4.69) is 16.7 Å². The predicted molar refractivity (Wildman–Crippen MR) is 139 cm³/mol. The molecule has 1 unspecified atom stereocenters. The van der Waals surface area contributed by atoms with Gasteiger partial charge in [0.2, 0.25) is 5.91 Å². The molecular formula is C28H25F5N6O3. The number of amides is 2. The summed E-state index contributed by atoms with van der Waals surface area (Å²) < 4.78 is 70.8. The third kappa shape index (κ3) is 4.45. The van der Waals surface area contributed by atoms with Crippen LogP contribution < -0.4 is 5.73 Å². The second-order valence-electron chi connectivity index (χ2n) is 10.6. The molecule has 1 aromatic carbocycles. The zero-order valence-corrected chi connectivity index (χ0v) is 22.1. The SMILES string of the molecule is C=CC(=O)N1CCc2nn(-c3cc(F)c(C4CC4)c(F)c3O)c3c2C(C1)N(C(=O)c1cnc(C(F)(F)F)cc1N)CC3. The summed E-state index contributed by atoms with van der Waals surface area (Å²) in [7, 11) is 0. The fourth-order valence-corrected chi connectivity index (χ4v) is 5.84. The van der Waals surface area contributed by atoms with E-state index in [4.69, 9.17) is 5.73 Å². The number of halogens is 5. The predicted octanol–water partition coefficient (Wildman–Crippen LogP) is 4.04. The molecule has 0 radical (unpaired) electrons. The van der Waals surface area contributed by atoms with Crippen LogP contribution in [-0.2, 0) is 23.8 Å². The molecule has 3 N–H and O–H groups in total. The molecule has 9 nitrogen and oxygen atoms in total. The number of alkyl halides is 3. The Bertz CT molecular complexity index is 1650. The maximum absolute atomic E-state index is 15.1. The fourth-order valence-electron chi connectivity index (χ4n) is 5.84. The quantitative estimate of drug-likeness (QED) is 0.351. The summed E-state index contributed by atoms with van der Waals surface area (Å²) in [5.41, 5.74) is 5.06. The first-order chi connectivity index (χ1) is 19.9. The maximum Gasteiger partial charge on any atom is 0.433 e. The van der Waals surface area contributed by atoms with Crippen LogP contribution in [0.5, 0.6) is 5.75 Å². The molecule has 2 amide bonds. The van der Waals surface area contributed by atoms with Crippen molar-refractivity contribution < 1.29 is 36.6 Å². The third-order valence-electron chi connectivity index (χ3n) is 8.03. The second-order valence-corrected chi connectivity index (χ2v) is 10.6. The number of rotatable bonds is 4. The molecule has 2 aromatic heterocycles. The summed E-state index contributed by atoms with van der Waals surface area (Å²) in [4.78, 5) is 32.6. The Morgan fingerprint density at radius 1 is 1.12 bits per heavy atom. The molecule has 6 rings (SSSR count). The van der Waals surface area contributed by atoms with Gasteiger partial charge in [0.05, 0.1) is 23.0 Å². The van der Waals surface area contributed by atoms with Crippen molar-refractivity contribution in [3.05, 3.63) is 76.4 Å². The molecule has 0 saturated heterocycles. The van der Waals surface area contributed by atoms with E-state index in [1.807, 2.05) is 0 Å². The number of benzene rings is 1. The first-order valence-electron chi connectivity index (χ1n) is 13.3. The second kappa shape index (κ2) is 9.81. The lowest BCUT2D eigenvalue weighted by atomic mass is 9.94. The van der Waals surface area contributed by atoms with Crippen LogP contribution in [0.3, 0.4) is 0 Å². The fraction of sp³-hybridized carbons (Fsp3) is 0.357. The molecule has 220 valence electrons. The summed E-state index contributed by atoms with van der Waals surface area (Å²) >= 11 is 0. The number of aromatic nitrogens is 3. The van der Waals surface area contributed by atoms with Crippen LogP contribution >= 0.6 is 0 Å². The van der Waals surface area contributed by atoms with Gasteiger partial charge in [0.15, 0.2) is 11.6 Å². The number of nitrogens with zero attached hydrogens (tertiary/aromatic N) is 5. The minimum atomic E-state index is -4.76. The van der Waals surface area contributed by atoms with Crippen LogP contribution in [0, 0.1) is 11.6 Å². The summed E-state index contributed by atoms with van der Waals surface area (Å²) in [6, 6.07) is 0.800. The molecule has 0 spiro atoms. The van der Waals surface area contributed by atoms with Crippen molar-refractivity contribution in [2.45, 2.75) is 43.8 Å². The van der Waals surface area contributed by atoms with Crippen molar-refractivity contribution in [1.82, 2.24) is 24.6 Å². The largest absolute Gasteiger partial charge is 0.503 e. The number of aromatic hydroxyl groups is 1. The van der Waals surface area contributed by atoms with E-state index in [1.165, 1.54) is 14.5 Å². The average Bonchev–Trinajstić information content (AvgIpc) is 3.74. The number of anilines is 1. The average molecular weight is 589 g/mol. The van der Waals surface area contributed by atoms with E-state index in [-0.39, 0.29) is 55.2 Å². The molecule has 4 heterocycles. The Morgan fingerprint density at radius 2 is 1.86 bits per heavy atom. The Hall–Kier alpha value is -4.49. The number of pyridine rings is 1. The first kappa shape index (κ1) is 27.7. The smallest absolute Gasteiger partial charge is 0.433 e. The summed E-state index contributed by atoms with van der Waals surface area (Å²) in [5, 5.41) is 15.3. The van der Waals surface area contributed by atoms with E-state index in [0.717, 1.165) is 18.3 Å². The number of hydrogen-bond acceptors (Lipinski definition) is 6. The number of nitrogen functional groups attached to an aromatic ring is 1. The molecule has 3 aliphatic rings. The topological polar surface area (TPSA) is 118 Å². The third-order valence-corrected chi connectivity index (χ3v) is 8.03. The molecular weight excluding hydrogens is 563 g/mol. The highest BCUT2D eigenvalue weighted by atomic mass is 19.4. The van der Waals surface area contributed by atoms with Crippen LogP contribution in [-0.4, -0.2) is 61.1 Å². The lowest BCUT2D eigenvalue weighted by Crippen LogP contribution is -2.46. The number of phenolic OH excluding ortho intramolecular Hbond substituents is 1. The number of carbonyl (C=O) groups is 2. The van der Waals surface area contributed by atoms with Crippen LogP contribution in [0.25, 0.3) is 5.69 Å². The Labute approximate surface area is 236 Å². The lowest BCUT2D eigenvalue weighted by molar-refractivity contribution is -0.141. The number of nitrogens with two attached hydrogens (primary N) is 1. The first-order valence-corrected chi connectivity index (χ1v) is 13.3. The van der Waals surface area contributed by atoms with Crippen molar-refractivity contribution >= 4 is 17.5 Å². The van der Waals surface area contributed by atoms with Gasteiger partial charge in [0, 0.05) is 61.6 Å². The van der Waals surface area contributed by atoms with E-state index in [1.54, 1.807) is 0 Å². The minimum absolute atomic E-state index is 0.00407. The number of phenols is 1. The van der Waals surface area contributed by atoms with Gasteiger partial charge in [-0.2, -0.15) is 18.3 Å². The molecule has 3 aromatic rings. The summed E-state index contributed by atoms with van der Waals surface area (Å²) in [6.07, 6.45) is -1.26. The van der Waals surface area contributed by atoms with Gasteiger partial charge in [-0.15, -0.1) is 0 Å². The molecule has 2 aliphatic heterocycles. The van der Waals surface area contributed by atoms with E-state index < -0.39 is 52.8 Å². The highest BCUT2D eigenvalue weighted by molar-refractivity contribution is 5.99. The Morgan fingerprint density at radius 3 is 2.50 bits per heavy atom. The van der Waals surface area contributed by atoms with Crippen molar-refractivity contribution in [1.29, 1.82) is 0 Å². The van der Waals surface area contributed by atoms with Gasteiger partial charge in [-0.1, -0.05) is 6.58 Å². The van der Waals surface area contributed by atoms with Gasteiger partial charge in [0.1, 0.15) is 17.2 Å². The highest BCUT2D eigenvalue weighted by Gasteiger charge is 2.42. The molecule has 1 aliphatic carbocycles. The van der Waals surface area contributed by atoms with Gasteiger partial charge >= 0.3 is 6.18 Å². The molecule has 14 heteroatoms. The van der Waals surface area contributed by atoms with Gasteiger partial charge in [-0.05, 0) is 30.9 Å². The van der Waals surface area contributed by atoms with Gasteiger partial charge < -0.3 is 20.6 Å². The van der Waals surface area contributed by atoms with Crippen LogP contribution in [0.4, 0.5) is 27.6 Å². The van der Waals surface area contributed by atoms with Gasteiger partial charge in [-0.3, -0.25) is 14.6 Å². The van der Waals surface area contributed by atoms with Crippen molar-refractivity contribution in [3.63, 3.8) is 0 Å². The van der Waals surface area contributed by atoms with E-state index >= 15 is 8.78 Å². The Balaban J connectivity index is 1.44. The summed E-state index contributed by atoms with van der Waals surface area (Å²) in [5.74, 6) is -3.97. The Kier molecular flexibility index (Phi) is 6.46. The van der Waals surface area contributed by atoms with E-state index in [9.17, 15) is 27.9 Å². The zero-order valence-electron chi connectivity index (χ0n) is 22.1. The number of hydrogen-bond donors (Lipinski definition) is 2. The van der Waals surface area contributed by atoms with Crippen molar-refractivity contribution in [2.24, 2.45) is 0 Å². The molecule has 42 heavy (non-hydrogen) atoms. The maximum atomic E-state index is 15.1. The molecule has 0 bridgehead atoms. The minimum Gasteiger partial charge on any atom is -0.503 e. The van der Waals surface area contributed by atoms with Crippen molar-refractivity contribution in [3.8, 4) is 11.4 Å². The van der Waals surface area contributed by atoms with Crippen molar-refractivity contribution in [2.75, 3.05) is 25.4 Å². The van der Waals surface area contributed by atoms with Gasteiger partial charge in [0.25, 0.3) is 5.91 Å². The zero-order chi connectivity index (χ0) is 30.1. The highest BCUT2D eigenvalue weighted by Crippen LogP contribution is 2.46. The summed E-state index contributed by atoms with van der Waals surface area (Å²) in [6.45, 7) is 3.71. The monoisotopic (exact) mass is 588 g/mol. The van der Waals surface area contributed by atoms with Crippen LogP contribution in [0.15, 0.2) is 31.0 Å². The van der Waals surface area contributed by atoms with Crippen LogP contribution in [0.1, 0.15) is 63.4 Å². The number of carbonyl (C=O) groups excluding carboxylic acids is 2. The molecule has 1 saturated carbocycles. The lowest BCUT2D eigenvalue weighted by Gasteiger charge is -2.38. The van der Waals surface area contributed by atoms with Crippen LogP contribution in [0.2, 0.25) is 0 Å². The van der Waals surface area contributed by atoms with Gasteiger partial charge in [-0.25, -0.2) is 13.5 Å². The molecule has 1 fully saturated rings.